The Morgan fingerprint density at radius 3 is 1.50 bits per heavy atom. The molecule has 2 aromatic heterocycles. The van der Waals surface area contributed by atoms with Gasteiger partial charge in [-0.3, -0.25) is 0 Å². The molecule has 0 amide bonds. The molecule has 0 saturated heterocycles. The van der Waals surface area contributed by atoms with Gasteiger partial charge in [-0.25, -0.2) is 9.97 Å². The van der Waals surface area contributed by atoms with Gasteiger partial charge in [-0.1, -0.05) is 121 Å². The summed E-state index contributed by atoms with van der Waals surface area (Å²) in [7, 11) is 0. The highest BCUT2D eigenvalue weighted by Gasteiger charge is 2.51. The molecule has 5 heteroatoms. The molecular weight excluding hydrogens is 689 g/mol. The van der Waals surface area contributed by atoms with Crippen LogP contribution in [0.1, 0.15) is 22.3 Å². The third-order valence-corrected chi connectivity index (χ3v) is 11.4. The third kappa shape index (κ3) is 4.42. The molecule has 262 valence electrons. The van der Waals surface area contributed by atoms with Crippen LogP contribution >= 0.6 is 0 Å². The Kier molecular flexibility index (Phi) is 6.48. The summed E-state index contributed by atoms with van der Waals surface area (Å²) >= 11 is 0. The van der Waals surface area contributed by atoms with Crippen molar-refractivity contribution in [3.63, 3.8) is 0 Å². The SMILES string of the molecule is c1cc(-c2cc(-c3nc4ccccc4o3)cc(-c3nc4ccccc4o3)c2)cc(-c2cccc3c2-c2ccccc2C32c3ccccc3Oc3ccccc32)c1. The summed E-state index contributed by atoms with van der Waals surface area (Å²) in [6.45, 7) is 0. The van der Waals surface area contributed by atoms with E-state index in [0.717, 1.165) is 72.6 Å². The van der Waals surface area contributed by atoms with E-state index in [-0.39, 0.29) is 0 Å². The highest BCUT2D eigenvalue weighted by atomic mass is 16.5. The highest BCUT2D eigenvalue weighted by Crippen LogP contribution is 2.63. The van der Waals surface area contributed by atoms with Crippen molar-refractivity contribution in [2.75, 3.05) is 0 Å². The molecular formula is C51H30N2O3. The van der Waals surface area contributed by atoms with Crippen LogP contribution in [0.25, 0.3) is 78.5 Å². The predicted octanol–water partition coefficient (Wildman–Crippen LogP) is 13.1. The van der Waals surface area contributed by atoms with E-state index in [4.69, 9.17) is 23.5 Å². The van der Waals surface area contributed by atoms with Crippen molar-refractivity contribution in [2.24, 2.45) is 0 Å². The van der Waals surface area contributed by atoms with Crippen LogP contribution in [0.2, 0.25) is 0 Å². The molecule has 0 saturated carbocycles. The van der Waals surface area contributed by atoms with E-state index in [1.54, 1.807) is 0 Å². The van der Waals surface area contributed by atoms with Gasteiger partial charge in [0.2, 0.25) is 11.8 Å². The minimum Gasteiger partial charge on any atom is -0.457 e. The molecule has 12 rings (SSSR count). The number of ether oxygens (including phenoxy) is 1. The van der Waals surface area contributed by atoms with E-state index in [1.165, 1.54) is 27.8 Å². The standard InChI is InChI=1S/C51H30N2O3/c1-2-17-38-37(15-1)48-36(16-12-20-41(48)51(38)39-18-3-7-23-44(39)54-45-24-8-4-19-40(45)51)32-14-11-13-31(27-32)33-28-34(49-52-42-21-5-9-25-46(42)55-49)30-35(29-33)50-53-43-22-6-10-26-47(43)56-50/h1-30H. The molecule has 5 nitrogen and oxygen atoms in total. The Bertz CT molecular complexity index is 3000. The number of oxazole rings is 2. The third-order valence-electron chi connectivity index (χ3n) is 11.4. The minimum absolute atomic E-state index is 0.534. The Morgan fingerprint density at radius 1 is 0.357 bits per heavy atom. The molecule has 0 fully saturated rings. The van der Waals surface area contributed by atoms with E-state index in [2.05, 4.69) is 127 Å². The maximum Gasteiger partial charge on any atom is 0.227 e. The van der Waals surface area contributed by atoms with Crippen molar-refractivity contribution < 1.29 is 13.6 Å². The van der Waals surface area contributed by atoms with Gasteiger partial charge >= 0.3 is 0 Å². The number of para-hydroxylation sites is 6. The molecule has 8 aromatic carbocycles. The topological polar surface area (TPSA) is 61.3 Å². The van der Waals surface area contributed by atoms with Crippen LogP contribution in [0, 0.1) is 0 Å². The van der Waals surface area contributed by atoms with Crippen molar-refractivity contribution in [3.8, 4) is 67.8 Å². The van der Waals surface area contributed by atoms with E-state index >= 15 is 0 Å². The Labute approximate surface area is 322 Å². The maximum atomic E-state index is 6.57. The first kappa shape index (κ1) is 30.9. The van der Waals surface area contributed by atoms with Crippen LogP contribution < -0.4 is 4.74 Å². The molecule has 1 spiro atoms. The lowest BCUT2D eigenvalue weighted by molar-refractivity contribution is 0.436. The summed E-state index contributed by atoms with van der Waals surface area (Å²) in [5.74, 6) is 2.85. The maximum absolute atomic E-state index is 6.57. The summed E-state index contributed by atoms with van der Waals surface area (Å²) in [4.78, 5) is 9.74. The fourth-order valence-corrected chi connectivity index (χ4v) is 9.04. The van der Waals surface area contributed by atoms with Crippen molar-refractivity contribution in [3.05, 3.63) is 204 Å². The van der Waals surface area contributed by atoms with Crippen molar-refractivity contribution in [2.45, 2.75) is 5.41 Å². The molecule has 0 atom stereocenters. The number of aromatic nitrogens is 2. The van der Waals surface area contributed by atoms with Crippen LogP contribution in [0.3, 0.4) is 0 Å². The van der Waals surface area contributed by atoms with Gasteiger partial charge in [0.15, 0.2) is 11.2 Å². The Hall–Kier alpha value is -7.50. The fraction of sp³-hybridized carbons (Fsp3) is 0.0196. The second-order valence-electron chi connectivity index (χ2n) is 14.5. The summed E-state index contributed by atoms with van der Waals surface area (Å²) in [6, 6.07) is 63.4. The fourth-order valence-electron chi connectivity index (χ4n) is 9.04. The molecule has 3 heterocycles. The quantitative estimate of drug-likeness (QED) is 0.181. The number of rotatable bonds is 4. The molecule has 0 N–H and O–H groups in total. The smallest absolute Gasteiger partial charge is 0.227 e. The number of hydrogen-bond acceptors (Lipinski definition) is 5. The minimum atomic E-state index is -0.534. The van der Waals surface area contributed by atoms with Crippen molar-refractivity contribution >= 4 is 22.2 Å². The van der Waals surface area contributed by atoms with Crippen LogP contribution in [-0.2, 0) is 5.41 Å². The first-order valence-corrected chi connectivity index (χ1v) is 18.8. The van der Waals surface area contributed by atoms with Crippen LogP contribution in [0.15, 0.2) is 191 Å². The summed E-state index contributed by atoms with van der Waals surface area (Å²) in [6.07, 6.45) is 0. The zero-order valence-corrected chi connectivity index (χ0v) is 29.9. The van der Waals surface area contributed by atoms with Gasteiger partial charge < -0.3 is 13.6 Å². The van der Waals surface area contributed by atoms with E-state index in [1.807, 2.05) is 54.6 Å². The second-order valence-corrected chi connectivity index (χ2v) is 14.5. The summed E-state index contributed by atoms with van der Waals surface area (Å²) in [5, 5.41) is 0. The molecule has 56 heavy (non-hydrogen) atoms. The molecule has 10 aromatic rings. The molecule has 0 unspecified atom stereocenters. The number of fused-ring (bicyclic) bond motifs is 11. The number of nitrogens with zero attached hydrogens (tertiary/aromatic N) is 2. The van der Waals surface area contributed by atoms with E-state index in [0.29, 0.717) is 11.8 Å². The number of benzene rings is 8. The zero-order valence-electron chi connectivity index (χ0n) is 29.9. The van der Waals surface area contributed by atoms with Gasteiger partial charge in [0, 0.05) is 22.3 Å². The van der Waals surface area contributed by atoms with Crippen molar-refractivity contribution in [1.29, 1.82) is 0 Å². The Balaban J connectivity index is 1.06. The molecule has 2 aliphatic rings. The monoisotopic (exact) mass is 718 g/mol. The molecule has 1 aliphatic carbocycles. The van der Waals surface area contributed by atoms with Gasteiger partial charge in [0.25, 0.3) is 0 Å². The van der Waals surface area contributed by atoms with Crippen LogP contribution in [-0.4, -0.2) is 9.97 Å². The van der Waals surface area contributed by atoms with Crippen LogP contribution in [0.4, 0.5) is 0 Å². The van der Waals surface area contributed by atoms with E-state index < -0.39 is 5.41 Å². The lowest BCUT2D eigenvalue weighted by Crippen LogP contribution is -2.32. The van der Waals surface area contributed by atoms with Gasteiger partial charge in [0.05, 0.1) is 5.41 Å². The number of hydrogen-bond donors (Lipinski definition) is 0. The van der Waals surface area contributed by atoms with Gasteiger partial charge in [-0.2, -0.15) is 0 Å². The van der Waals surface area contributed by atoms with E-state index in [9.17, 15) is 0 Å². The second kappa shape index (κ2) is 11.7. The van der Waals surface area contributed by atoms with Gasteiger partial charge in [-0.05, 0) is 105 Å². The predicted molar refractivity (Wildman–Crippen MR) is 221 cm³/mol. The summed E-state index contributed by atoms with van der Waals surface area (Å²) < 4.78 is 19.2. The lowest BCUT2D eigenvalue weighted by atomic mass is 9.66. The highest BCUT2D eigenvalue weighted by molar-refractivity contribution is 5.97. The lowest BCUT2D eigenvalue weighted by Gasteiger charge is -2.39. The first-order valence-electron chi connectivity index (χ1n) is 18.8. The molecule has 1 aliphatic heterocycles. The average Bonchev–Trinajstić information content (AvgIpc) is 3.98. The largest absolute Gasteiger partial charge is 0.457 e. The van der Waals surface area contributed by atoms with Crippen LogP contribution in [0.5, 0.6) is 11.5 Å². The van der Waals surface area contributed by atoms with Gasteiger partial charge in [0.1, 0.15) is 22.5 Å². The van der Waals surface area contributed by atoms with Gasteiger partial charge in [-0.15, -0.1) is 0 Å². The normalized spacial score (nSPS) is 13.3. The summed E-state index contributed by atoms with van der Waals surface area (Å²) in [5.41, 5.74) is 15.9. The zero-order chi connectivity index (χ0) is 36.8. The first-order chi connectivity index (χ1) is 27.7. The molecule has 0 radical (unpaired) electrons. The average molecular weight is 719 g/mol. The van der Waals surface area contributed by atoms with Crippen molar-refractivity contribution in [1.82, 2.24) is 9.97 Å². The Morgan fingerprint density at radius 2 is 0.839 bits per heavy atom. The molecule has 0 bridgehead atoms.